The number of rotatable bonds is 7. The van der Waals surface area contributed by atoms with Crippen LogP contribution in [0.2, 0.25) is 0 Å². The number of nitriles is 1. The summed E-state index contributed by atoms with van der Waals surface area (Å²) in [5.41, 5.74) is 0.0211. The molecule has 0 heterocycles. The predicted octanol–water partition coefficient (Wildman–Crippen LogP) is 1.95. The molecule has 0 spiro atoms. The summed E-state index contributed by atoms with van der Waals surface area (Å²) < 4.78 is 4.93. The number of hydrogen-bond donors (Lipinski definition) is 2. The van der Waals surface area contributed by atoms with E-state index < -0.39 is 6.10 Å². The van der Waals surface area contributed by atoms with Gasteiger partial charge in [-0.1, -0.05) is 20.8 Å². The zero-order valence-electron chi connectivity index (χ0n) is 18.5. The Morgan fingerprint density at radius 1 is 1.38 bits per heavy atom. The summed E-state index contributed by atoms with van der Waals surface area (Å²) in [4.78, 5) is 26.5. The van der Waals surface area contributed by atoms with Crippen molar-refractivity contribution >= 4 is 11.8 Å². The Hall–Kier alpha value is -1.65. The Morgan fingerprint density at radius 3 is 2.66 bits per heavy atom. The van der Waals surface area contributed by atoms with Crippen LogP contribution in [0.15, 0.2) is 0 Å². The van der Waals surface area contributed by atoms with E-state index in [-0.39, 0.29) is 53.5 Å². The van der Waals surface area contributed by atoms with Crippen LogP contribution in [-0.4, -0.2) is 61.3 Å². The van der Waals surface area contributed by atoms with Crippen molar-refractivity contribution in [1.82, 2.24) is 10.2 Å². The molecule has 0 aliphatic heterocycles. The lowest BCUT2D eigenvalue weighted by molar-refractivity contribution is -0.150. The van der Waals surface area contributed by atoms with Gasteiger partial charge in [-0.15, -0.1) is 0 Å². The van der Waals surface area contributed by atoms with E-state index >= 15 is 0 Å². The second-order valence-corrected chi connectivity index (χ2v) is 9.33. The van der Waals surface area contributed by atoms with E-state index in [2.05, 4.69) is 25.2 Å². The van der Waals surface area contributed by atoms with E-state index in [9.17, 15) is 14.7 Å². The number of nitrogens with one attached hydrogen (secondary N) is 1. The van der Waals surface area contributed by atoms with Crippen molar-refractivity contribution in [3.05, 3.63) is 0 Å². The van der Waals surface area contributed by atoms with Crippen LogP contribution in [0.1, 0.15) is 52.9 Å². The van der Waals surface area contributed by atoms with Crippen LogP contribution in [0.3, 0.4) is 0 Å². The molecule has 2 N–H and O–H groups in total. The van der Waals surface area contributed by atoms with Crippen LogP contribution < -0.4 is 5.32 Å². The summed E-state index contributed by atoms with van der Waals surface area (Å²) in [6.45, 7) is 6.70. The van der Waals surface area contributed by atoms with Gasteiger partial charge >= 0.3 is 0 Å². The third-order valence-electron chi connectivity index (χ3n) is 7.48. The summed E-state index contributed by atoms with van der Waals surface area (Å²) in [6, 6.07) is 2.08. The molecular weight excluding hydrogens is 370 g/mol. The number of amides is 2. The minimum absolute atomic E-state index is 0.00781. The maximum atomic E-state index is 12.8. The first-order valence-electron chi connectivity index (χ1n) is 10.7. The van der Waals surface area contributed by atoms with Gasteiger partial charge in [-0.05, 0) is 48.9 Å². The highest BCUT2D eigenvalue weighted by Gasteiger charge is 2.54. The standard InChI is InChI=1S/C22H37N3O4/c1-14(21(28)25(4)12-6-11-23)16-7-9-22(3)10-8-17(24-18(26)13-29-5)15(2)19(22)20(16)27/h14-17,19-20,27H,6-10,12-13H2,1-5H3,(H,24,26)/t14-,15+,16+,17-,19+,20-,22-/m0/s1. The molecule has 0 aromatic carbocycles. The number of aliphatic hydroxyl groups is 1. The number of carbonyl (C=O) groups excluding carboxylic acids is 2. The normalized spacial score (nSPS) is 35.1. The lowest BCUT2D eigenvalue weighted by Crippen LogP contribution is -2.58. The molecule has 0 saturated heterocycles. The van der Waals surface area contributed by atoms with Crippen LogP contribution in [0.25, 0.3) is 0 Å². The van der Waals surface area contributed by atoms with Crippen LogP contribution in [0.4, 0.5) is 0 Å². The van der Waals surface area contributed by atoms with E-state index in [4.69, 9.17) is 10.00 Å². The summed E-state index contributed by atoms with van der Waals surface area (Å²) in [6.07, 6.45) is 3.36. The van der Waals surface area contributed by atoms with E-state index in [0.29, 0.717) is 13.0 Å². The Labute approximate surface area is 174 Å². The minimum Gasteiger partial charge on any atom is -0.392 e. The lowest BCUT2D eigenvalue weighted by atomic mass is 9.51. The number of aliphatic hydroxyl groups excluding tert-OH is 1. The van der Waals surface area contributed by atoms with Gasteiger partial charge in [0.2, 0.25) is 11.8 Å². The average molecular weight is 408 g/mol. The second-order valence-electron chi connectivity index (χ2n) is 9.33. The van der Waals surface area contributed by atoms with Crippen LogP contribution in [0, 0.1) is 40.4 Å². The molecule has 7 atom stereocenters. The number of nitrogens with zero attached hydrogens (tertiary/aromatic N) is 2. The third kappa shape index (κ3) is 5.10. The largest absolute Gasteiger partial charge is 0.392 e. The van der Waals surface area contributed by atoms with Crippen molar-refractivity contribution in [3.63, 3.8) is 0 Å². The summed E-state index contributed by atoms with van der Waals surface area (Å²) in [5.74, 6) is -0.401. The third-order valence-corrected chi connectivity index (χ3v) is 7.48. The second kappa shape index (κ2) is 9.90. The van der Waals surface area contributed by atoms with Crippen molar-refractivity contribution in [2.75, 3.05) is 27.3 Å². The molecule has 29 heavy (non-hydrogen) atoms. The van der Waals surface area contributed by atoms with Gasteiger partial charge in [0.1, 0.15) is 6.61 Å². The molecule has 0 aromatic rings. The first kappa shape index (κ1) is 23.6. The maximum absolute atomic E-state index is 12.8. The Bertz CT molecular complexity index is 634. The Balaban J connectivity index is 2.13. The van der Waals surface area contributed by atoms with E-state index in [1.54, 1.807) is 11.9 Å². The first-order valence-corrected chi connectivity index (χ1v) is 10.7. The zero-order chi connectivity index (χ0) is 21.8. The minimum atomic E-state index is -0.589. The molecule has 7 nitrogen and oxygen atoms in total. The molecule has 164 valence electrons. The van der Waals surface area contributed by atoms with Gasteiger partial charge in [0.05, 0.1) is 18.6 Å². The van der Waals surface area contributed by atoms with Gasteiger partial charge in [0, 0.05) is 32.7 Å². The summed E-state index contributed by atoms with van der Waals surface area (Å²) >= 11 is 0. The van der Waals surface area contributed by atoms with E-state index in [0.717, 1.165) is 25.7 Å². The van der Waals surface area contributed by atoms with Gasteiger partial charge < -0.3 is 20.1 Å². The molecule has 2 aliphatic carbocycles. The summed E-state index contributed by atoms with van der Waals surface area (Å²) in [7, 11) is 3.22. The van der Waals surface area contributed by atoms with Gasteiger partial charge in [0.15, 0.2) is 0 Å². The topological polar surface area (TPSA) is 103 Å². The van der Waals surface area contributed by atoms with Gasteiger partial charge in [-0.2, -0.15) is 5.26 Å². The van der Waals surface area contributed by atoms with E-state index in [1.165, 1.54) is 7.11 Å². The lowest BCUT2D eigenvalue weighted by Gasteiger charge is -2.56. The van der Waals surface area contributed by atoms with Gasteiger partial charge in [-0.25, -0.2) is 0 Å². The molecule has 0 radical (unpaired) electrons. The predicted molar refractivity (Wildman–Crippen MR) is 110 cm³/mol. The quantitative estimate of drug-likeness (QED) is 0.671. The fraction of sp³-hybridized carbons (Fsp3) is 0.864. The highest BCUT2D eigenvalue weighted by molar-refractivity contribution is 5.78. The number of hydrogen-bond acceptors (Lipinski definition) is 5. The zero-order valence-corrected chi connectivity index (χ0v) is 18.5. The molecule has 7 heteroatoms. The average Bonchev–Trinajstić information content (AvgIpc) is 2.67. The number of carbonyl (C=O) groups is 2. The fourth-order valence-corrected chi connectivity index (χ4v) is 5.74. The van der Waals surface area contributed by atoms with Gasteiger partial charge in [-0.3, -0.25) is 9.59 Å². The van der Waals surface area contributed by atoms with Crippen molar-refractivity contribution in [1.29, 1.82) is 5.26 Å². The smallest absolute Gasteiger partial charge is 0.246 e. The number of ether oxygens (including phenoxy) is 1. The van der Waals surface area contributed by atoms with E-state index in [1.807, 2.05) is 6.92 Å². The van der Waals surface area contributed by atoms with Crippen LogP contribution in [-0.2, 0) is 14.3 Å². The van der Waals surface area contributed by atoms with Gasteiger partial charge in [0.25, 0.3) is 0 Å². The number of methoxy groups -OCH3 is 1. The van der Waals surface area contributed by atoms with Crippen molar-refractivity contribution < 1.29 is 19.4 Å². The SMILES string of the molecule is COCC(=O)N[C@H]1CC[C@]2(C)CC[C@H]([C@H](C)C(=O)N(C)CCC#N)[C@H](O)[C@H]2[C@@H]1C. The molecule has 2 aliphatic rings. The number of fused-ring (bicyclic) bond motifs is 1. The molecule has 2 rings (SSSR count). The monoisotopic (exact) mass is 407 g/mol. The highest BCUT2D eigenvalue weighted by Crippen LogP contribution is 2.55. The van der Waals surface area contributed by atoms with Crippen LogP contribution in [0.5, 0.6) is 0 Å². The van der Waals surface area contributed by atoms with Crippen LogP contribution >= 0.6 is 0 Å². The molecule has 2 fully saturated rings. The molecule has 2 saturated carbocycles. The molecule has 0 aromatic heterocycles. The molecule has 0 bridgehead atoms. The van der Waals surface area contributed by atoms with Crippen molar-refractivity contribution in [3.8, 4) is 6.07 Å². The maximum Gasteiger partial charge on any atom is 0.246 e. The Morgan fingerprint density at radius 2 is 2.03 bits per heavy atom. The Kier molecular flexibility index (Phi) is 8.07. The van der Waals surface area contributed by atoms with Crippen molar-refractivity contribution in [2.45, 2.75) is 65.0 Å². The molecular formula is C22H37N3O4. The van der Waals surface area contributed by atoms with Crippen molar-refractivity contribution in [2.24, 2.45) is 29.1 Å². The first-order chi connectivity index (χ1) is 13.7. The summed E-state index contributed by atoms with van der Waals surface area (Å²) in [5, 5.41) is 23.2. The molecule has 2 amide bonds. The fourth-order valence-electron chi connectivity index (χ4n) is 5.74. The molecule has 0 unspecified atom stereocenters. The highest BCUT2D eigenvalue weighted by atomic mass is 16.5.